The fraction of sp³-hybridized carbons (Fsp3) is 0.100. The van der Waals surface area contributed by atoms with Crippen LogP contribution in [-0.2, 0) is 4.79 Å². The molecule has 0 saturated carbocycles. The second kappa shape index (κ2) is 8.54. The molecule has 0 aliphatic heterocycles. The van der Waals surface area contributed by atoms with E-state index < -0.39 is 5.91 Å². The van der Waals surface area contributed by atoms with Crippen LogP contribution in [0.3, 0.4) is 0 Å². The molecule has 8 nitrogen and oxygen atoms in total. The minimum absolute atomic E-state index is 0.101. The summed E-state index contributed by atoms with van der Waals surface area (Å²) in [5, 5.41) is 12.1. The molecular formula is C20H15Cl2N5O3S. The highest BCUT2D eigenvalue weighted by atomic mass is 35.5. The number of halogens is 2. The van der Waals surface area contributed by atoms with Crippen LogP contribution in [0, 0.1) is 0 Å². The fourth-order valence-corrected chi connectivity index (χ4v) is 4.27. The molecule has 158 valence electrons. The summed E-state index contributed by atoms with van der Waals surface area (Å²) in [6.07, 6.45) is 0. The molecule has 0 aliphatic carbocycles. The van der Waals surface area contributed by atoms with Gasteiger partial charge in [0.15, 0.2) is 5.75 Å². The van der Waals surface area contributed by atoms with Crippen LogP contribution >= 0.6 is 34.5 Å². The molecule has 2 amide bonds. The molecule has 2 aromatic heterocycles. The lowest BCUT2D eigenvalue weighted by molar-refractivity contribution is -0.114. The van der Waals surface area contributed by atoms with Gasteiger partial charge in [0.1, 0.15) is 5.56 Å². The number of amides is 2. The Morgan fingerprint density at radius 3 is 2.45 bits per heavy atom. The molecule has 2 N–H and O–H groups in total. The standard InChI is InChI=1S/C20H15Cl2N5O3S/c1-10(28)23-12-5-3-11(4-6-12)15-9-31-20-25-19(26-27(15)20)24-18(29)16-13(21)7-8-14(22)17(16)30-2/h3-9H,1-2H3,(H,23,28)(H,24,26,29). The molecule has 0 saturated heterocycles. The molecule has 2 heterocycles. The van der Waals surface area contributed by atoms with Crippen molar-refractivity contribution in [3.05, 3.63) is 57.4 Å². The van der Waals surface area contributed by atoms with Crippen molar-refractivity contribution in [3.8, 4) is 17.0 Å². The fourth-order valence-electron chi connectivity index (χ4n) is 2.97. The van der Waals surface area contributed by atoms with Crippen molar-refractivity contribution in [2.24, 2.45) is 0 Å². The number of rotatable bonds is 5. The van der Waals surface area contributed by atoms with Gasteiger partial charge in [-0.1, -0.05) is 35.3 Å². The van der Waals surface area contributed by atoms with E-state index >= 15 is 0 Å². The topological polar surface area (TPSA) is 97.6 Å². The van der Waals surface area contributed by atoms with E-state index in [-0.39, 0.29) is 33.2 Å². The van der Waals surface area contributed by atoms with Crippen LogP contribution in [0.5, 0.6) is 5.75 Å². The van der Waals surface area contributed by atoms with Gasteiger partial charge in [-0.05, 0) is 24.3 Å². The van der Waals surface area contributed by atoms with E-state index in [2.05, 4.69) is 20.7 Å². The first kappa shape index (κ1) is 21.1. The highest BCUT2D eigenvalue weighted by Gasteiger charge is 2.21. The Morgan fingerprint density at radius 2 is 1.77 bits per heavy atom. The van der Waals surface area contributed by atoms with Gasteiger partial charge in [-0.15, -0.1) is 16.4 Å². The largest absolute Gasteiger partial charge is 0.494 e. The van der Waals surface area contributed by atoms with Gasteiger partial charge in [0.2, 0.25) is 10.9 Å². The predicted octanol–water partition coefficient (Wildman–Crippen LogP) is 4.98. The molecule has 4 aromatic rings. The highest BCUT2D eigenvalue weighted by molar-refractivity contribution is 7.15. The zero-order chi connectivity index (χ0) is 22.1. The van der Waals surface area contributed by atoms with Gasteiger partial charge in [0.05, 0.1) is 22.8 Å². The number of methoxy groups -OCH3 is 1. The number of carbonyl (C=O) groups is 2. The van der Waals surface area contributed by atoms with Gasteiger partial charge < -0.3 is 10.1 Å². The van der Waals surface area contributed by atoms with E-state index in [0.717, 1.165) is 11.3 Å². The zero-order valence-electron chi connectivity index (χ0n) is 16.3. The number of aromatic nitrogens is 3. The first-order valence-electron chi connectivity index (χ1n) is 8.93. The maximum absolute atomic E-state index is 12.8. The van der Waals surface area contributed by atoms with Crippen molar-refractivity contribution in [1.82, 2.24) is 14.6 Å². The van der Waals surface area contributed by atoms with Crippen molar-refractivity contribution in [2.45, 2.75) is 6.92 Å². The highest BCUT2D eigenvalue weighted by Crippen LogP contribution is 2.34. The van der Waals surface area contributed by atoms with Crippen LogP contribution in [0.1, 0.15) is 17.3 Å². The Bertz CT molecular complexity index is 1300. The van der Waals surface area contributed by atoms with Gasteiger partial charge in [-0.2, -0.15) is 4.98 Å². The van der Waals surface area contributed by atoms with E-state index in [9.17, 15) is 9.59 Å². The minimum Gasteiger partial charge on any atom is -0.494 e. The lowest BCUT2D eigenvalue weighted by atomic mass is 10.1. The van der Waals surface area contributed by atoms with Crippen LogP contribution in [0.25, 0.3) is 16.2 Å². The third-order valence-electron chi connectivity index (χ3n) is 4.30. The maximum atomic E-state index is 12.8. The number of hydrogen-bond acceptors (Lipinski definition) is 6. The lowest BCUT2D eigenvalue weighted by Crippen LogP contribution is -2.15. The number of nitrogens with one attached hydrogen (secondary N) is 2. The molecule has 0 radical (unpaired) electrons. The van der Waals surface area contributed by atoms with Crippen LogP contribution in [0.15, 0.2) is 41.8 Å². The molecule has 0 fully saturated rings. The summed E-state index contributed by atoms with van der Waals surface area (Å²) in [6.45, 7) is 1.45. The smallest absolute Gasteiger partial charge is 0.263 e. The Hall–Kier alpha value is -3.14. The summed E-state index contributed by atoms with van der Waals surface area (Å²) < 4.78 is 6.85. The minimum atomic E-state index is -0.538. The van der Waals surface area contributed by atoms with Crippen molar-refractivity contribution >= 4 is 62.9 Å². The molecule has 0 aliphatic rings. The van der Waals surface area contributed by atoms with Crippen molar-refractivity contribution in [2.75, 3.05) is 17.7 Å². The summed E-state index contributed by atoms with van der Waals surface area (Å²) in [5.74, 6) is -0.388. The molecule has 0 unspecified atom stereocenters. The van der Waals surface area contributed by atoms with Crippen molar-refractivity contribution < 1.29 is 14.3 Å². The third-order valence-corrected chi connectivity index (χ3v) is 5.73. The van der Waals surface area contributed by atoms with E-state index in [1.165, 1.54) is 31.4 Å². The number of fused-ring (bicyclic) bond motifs is 1. The third kappa shape index (κ3) is 4.20. The van der Waals surface area contributed by atoms with Gasteiger partial charge in [-0.25, -0.2) is 4.52 Å². The maximum Gasteiger partial charge on any atom is 0.263 e. The van der Waals surface area contributed by atoms with Crippen LogP contribution in [0.4, 0.5) is 11.6 Å². The number of anilines is 2. The quantitative estimate of drug-likeness (QED) is 0.423. The number of benzene rings is 2. The number of thiazole rings is 1. The summed E-state index contributed by atoms with van der Waals surface area (Å²) >= 11 is 13.7. The SMILES string of the molecule is COc1c(Cl)ccc(Cl)c1C(=O)Nc1nc2scc(-c3ccc(NC(C)=O)cc3)n2n1. The summed E-state index contributed by atoms with van der Waals surface area (Å²) in [5.41, 5.74) is 2.47. The molecule has 2 aromatic carbocycles. The molecule has 31 heavy (non-hydrogen) atoms. The molecule has 0 atom stereocenters. The molecule has 4 rings (SSSR count). The van der Waals surface area contributed by atoms with Gasteiger partial charge in [-0.3, -0.25) is 14.9 Å². The number of ether oxygens (including phenoxy) is 1. The van der Waals surface area contributed by atoms with Crippen LogP contribution < -0.4 is 15.4 Å². The van der Waals surface area contributed by atoms with Crippen molar-refractivity contribution in [1.29, 1.82) is 0 Å². The molecular weight excluding hydrogens is 461 g/mol. The Balaban J connectivity index is 1.62. The molecule has 0 bridgehead atoms. The number of carbonyl (C=O) groups excluding carboxylic acids is 2. The Kier molecular flexibility index (Phi) is 5.81. The predicted molar refractivity (Wildman–Crippen MR) is 122 cm³/mol. The number of nitrogens with zero attached hydrogens (tertiary/aromatic N) is 3. The normalized spacial score (nSPS) is 10.8. The zero-order valence-corrected chi connectivity index (χ0v) is 18.6. The van der Waals surface area contributed by atoms with Crippen LogP contribution in [-0.4, -0.2) is 33.5 Å². The van der Waals surface area contributed by atoms with Crippen LogP contribution in [0.2, 0.25) is 10.0 Å². The molecule has 0 spiro atoms. The lowest BCUT2D eigenvalue weighted by Gasteiger charge is -2.10. The van der Waals surface area contributed by atoms with Gasteiger partial charge in [0.25, 0.3) is 11.9 Å². The number of hydrogen-bond donors (Lipinski definition) is 2. The van der Waals surface area contributed by atoms with Gasteiger partial charge >= 0.3 is 0 Å². The summed E-state index contributed by atoms with van der Waals surface area (Å²) in [7, 11) is 1.41. The first-order valence-corrected chi connectivity index (χ1v) is 10.6. The summed E-state index contributed by atoms with van der Waals surface area (Å²) in [4.78, 5) is 28.9. The average Bonchev–Trinajstić information content (AvgIpc) is 3.29. The first-order chi connectivity index (χ1) is 14.9. The second-order valence-corrected chi connectivity index (χ2v) is 8.05. The van der Waals surface area contributed by atoms with Crippen molar-refractivity contribution in [3.63, 3.8) is 0 Å². The van der Waals surface area contributed by atoms with E-state index in [0.29, 0.717) is 10.6 Å². The van der Waals surface area contributed by atoms with E-state index in [1.807, 2.05) is 17.5 Å². The summed E-state index contributed by atoms with van der Waals surface area (Å²) in [6, 6.07) is 10.4. The molecule has 11 heteroatoms. The van der Waals surface area contributed by atoms with E-state index in [4.69, 9.17) is 27.9 Å². The Morgan fingerprint density at radius 1 is 1.06 bits per heavy atom. The Labute approximate surface area is 190 Å². The average molecular weight is 476 g/mol. The monoisotopic (exact) mass is 475 g/mol. The van der Waals surface area contributed by atoms with Gasteiger partial charge in [0, 0.05) is 23.6 Å². The van der Waals surface area contributed by atoms with E-state index in [1.54, 1.807) is 22.7 Å². The second-order valence-electron chi connectivity index (χ2n) is 6.40.